The Morgan fingerprint density at radius 1 is 1.33 bits per heavy atom. The maximum Gasteiger partial charge on any atom is 0.281 e. The van der Waals surface area contributed by atoms with Crippen molar-refractivity contribution >= 4 is 11.9 Å². The van der Waals surface area contributed by atoms with Gasteiger partial charge in [0.25, 0.3) is 5.91 Å². The number of rotatable bonds is 6. The molecule has 98 valence electrons. The molecule has 0 aliphatic carbocycles. The number of quaternary nitrogens is 1. The van der Waals surface area contributed by atoms with Crippen LogP contribution in [0, 0.1) is 0 Å². The van der Waals surface area contributed by atoms with Crippen molar-refractivity contribution in [2.45, 2.75) is 18.5 Å². The lowest BCUT2D eigenvalue weighted by Gasteiger charge is -2.20. The average Bonchev–Trinajstić information content (AvgIpc) is 2.37. The molecule has 0 spiro atoms. The number of carboxylic acids is 1. The number of benzene rings is 1. The van der Waals surface area contributed by atoms with Gasteiger partial charge in [-0.3, -0.25) is 4.79 Å². The maximum absolute atomic E-state index is 11.5. The van der Waals surface area contributed by atoms with E-state index in [-0.39, 0.29) is 6.42 Å². The first kappa shape index (κ1) is 14.1. The second kappa shape index (κ2) is 6.73. The molecule has 1 rings (SSSR count). The number of hydrogen-bond donors (Lipinski definition) is 3. The predicted octanol–water partition coefficient (Wildman–Crippen LogP) is -2.93. The SMILES string of the molecule is [NH3+][C@@H](CO)C(=O)N[C@@H](Cc1ccccc1)C(=O)[O-]. The molecule has 0 heterocycles. The number of aliphatic hydroxyl groups excluding tert-OH is 1. The van der Waals surface area contributed by atoms with E-state index in [1.807, 2.05) is 6.07 Å². The number of amides is 1. The van der Waals surface area contributed by atoms with E-state index in [4.69, 9.17) is 5.11 Å². The van der Waals surface area contributed by atoms with Gasteiger partial charge in [0.2, 0.25) is 0 Å². The van der Waals surface area contributed by atoms with E-state index in [2.05, 4.69) is 11.1 Å². The number of aliphatic carboxylic acids is 1. The molecule has 5 N–H and O–H groups in total. The molecule has 2 atom stereocenters. The van der Waals surface area contributed by atoms with Gasteiger partial charge in [0.1, 0.15) is 6.61 Å². The Balaban J connectivity index is 2.67. The van der Waals surface area contributed by atoms with Gasteiger partial charge in [0.15, 0.2) is 6.04 Å². The quantitative estimate of drug-likeness (QED) is 0.502. The fourth-order valence-corrected chi connectivity index (χ4v) is 1.42. The lowest BCUT2D eigenvalue weighted by atomic mass is 10.1. The maximum atomic E-state index is 11.5. The summed E-state index contributed by atoms with van der Waals surface area (Å²) in [6.07, 6.45) is 0.132. The van der Waals surface area contributed by atoms with Crippen LogP contribution in [0.15, 0.2) is 30.3 Å². The molecule has 0 aliphatic rings. The number of carbonyl (C=O) groups is 2. The van der Waals surface area contributed by atoms with Crippen LogP contribution >= 0.6 is 0 Å². The first-order chi connectivity index (χ1) is 8.54. The highest BCUT2D eigenvalue weighted by Gasteiger charge is 2.20. The van der Waals surface area contributed by atoms with Crippen LogP contribution in [-0.4, -0.2) is 35.7 Å². The van der Waals surface area contributed by atoms with Gasteiger partial charge in [-0.25, -0.2) is 0 Å². The van der Waals surface area contributed by atoms with E-state index < -0.39 is 30.6 Å². The Morgan fingerprint density at radius 2 is 1.94 bits per heavy atom. The number of carboxylic acid groups (broad SMARTS) is 1. The zero-order valence-corrected chi connectivity index (χ0v) is 9.83. The van der Waals surface area contributed by atoms with Crippen molar-refractivity contribution in [2.24, 2.45) is 0 Å². The molecule has 18 heavy (non-hydrogen) atoms. The number of aliphatic hydroxyl groups is 1. The summed E-state index contributed by atoms with van der Waals surface area (Å²) in [5.74, 6) is -1.97. The second-order valence-electron chi connectivity index (χ2n) is 3.95. The predicted molar refractivity (Wildman–Crippen MR) is 60.8 cm³/mol. The smallest absolute Gasteiger partial charge is 0.281 e. The van der Waals surface area contributed by atoms with Gasteiger partial charge < -0.3 is 26.1 Å². The van der Waals surface area contributed by atoms with E-state index in [1.165, 1.54) is 0 Å². The highest BCUT2D eigenvalue weighted by atomic mass is 16.4. The highest BCUT2D eigenvalue weighted by molar-refractivity contribution is 5.85. The molecule has 0 unspecified atom stereocenters. The summed E-state index contributed by atoms with van der Waals surface area (Å²) in [6.45, 7) is -0.434. The van der Waals surface area contributed by atoms with Crippen LogP contribution in [0.3, 0.4) is 0 Å². The summed E-state index contributed by atoms with van der Waals surface area (Å²) in [7, 11) is 0. The third kappa shape index (κ3) is 4.15. The minimum absolute atomic E-state index is 0.132. The monoisotopic (exact) mass is 252 g/mol. The number of hydrogen-bond acceptors (Lipinski definition) is 4. The van der Waals surface area contributed by atoms with Gasteiger partial charge >= 0.3 is 0 Å². The van der Waals surface area contributed by atoms with Crippen molar-refractivity contribution in [3.8, 4) is 0 Å². The molecule has 1 aromatic carbocycles. The lowest BCUT2D eigenvalue weighted by molar-refractivity contribution is -0.409. The van der Waals surface area contributed by atoms with Crippen molar-refractivity contribution in [1.82, 2.24) is 5.32 Å². The molecule has 0 saturated heterocycles. The van der Waals surface area contributed by atoms with E-state index in [0.29, 0.717) is 0 Å². The Morgan fingerprint density at radius 3 is 2.44 bits per heavy atom. The van der Waals surface area contributed by atoms with Gasteiger partial charge in [-0.2, -0.15) is 0 Å². The van der Waals surface area contributed by atoms with E-state index in [1.54, 1.807) is 24.3 Å². The van der Waals surface area contributed by atoms with Crippen LogP contribution in [0.5, 0.6) is 0 Å². The first-order valence-electron chi connectivity index (χ1n) is 5.53. The molecule has 0 fully saturated rings. The highest BCUT2D eigenvalue weighted by Crippen LogP contribution is 2.02. The summed E-state index contributed by atoms with van der Waals surface area (Å²) in [6, 6.07) is 6.88. The lowest BCUT2D eigenvalue weighted by Crippen LogP contribution is -2.70. The van der Waals surface area contributed by atoms with Crippen molar-refractivity contribution in [1.29, 1.82) is 0 Å². The zero-order valence-electron chi connectivity index (χ0n) is 9.83. The van der Waals surface area contributed by atoms with Crippen LogP contribution in [0.25, 0.3) is 0 Å². The molecular weight excluding hydrogens is 236 g/mol. The van der Waals surface area contributed by atoms with Crippen molar-refractivity contribution in [2.75, 3.05) is 6.61 Å². The van der Waals surface area contributed by atoms with Crippen molar-refractivity contribution in [3.63, 3.8) is 0 Å². The fourth-order valence-electron chi connectivity index (χ4n) is 1.42. The molecule has 6 nitrogen and oxygen atoms in total. The molecule has 1 aromatic rings. The summed E-state index contributed by atoms with van der Waals surface area (Å²) in [5, 5.41) is 22.0. The molecule has 0 saturated carbocycles. The topological polar surface area (TPSA) is 117 Å². The van der Waals surface area contributed by atoms with Crippen LogP contribution < -0.4 is 16.2 Å². The van der Waals surface area contributed by atoms with Crippen LogP contribution in [0.4, 0.5) is 0 Å². The van der Waals surface area contributed by atoms with E-state index in [0.717, 1.165) is 5.56 Å². The molecule has 0 radical (unpaired) electrons. The molecule has 6 heteroatoms. The summed E-state index contributed by atoms with van der Waals surface area (Å²) < 4.78 is 0. The third-order valence-electron chi connectivity index (χ3n) is 2.47. The molecule has 0 bridgehead atoms. The van der Waals surface area contributed by atoms with E-state index in [9.17, 15) is 14.7 Å². The summed E-state index contributed by atoms with van der Waals surface area (Å²) in [4.78, 5) is 22.4. The molecular formula is C12H16N2O4. The average molecular weight is 252 g/mol. The molecule has 0 aliphatic heterocycles. The standard InChI is InChI=1S/C12H16N2O4/c13-9(7-15)11(16)14-10(12(17)18)6-8-4-2-1-3-5-8/h1-5,9-10,15H,6-7,13H2,(H,14,16)(H,17,18)/t9-,10-/m0/s1. The van der Waals surface area contributed by atoms with Gasteiger partial charge in [-0.15, -0.1) is 0 Å². The molecule has 1 amide bonds. The summed E-state index contributed by atoms with van der Waals surface area (Å²) in [5.41, 5.74) is 4.18. The third-order valence-corrected chi connectivity index (χ3v) is 2.47. The fraction of sp³-hybridized carbons (Fsp3) is 0.333. The normalized spacial score (nSPS) is 13.7. The Labute approximate surface area is 104 Å². The van der Waals surface area contributed by atoms with Gasteiger partial charge in [-0.1, -0.05) is 30.3 Å². The largest absolute Gasteiger partial charge is 0.548 e. The zero-order chi connectivity index (χ0) is 13.5. The van der Waals surface area contributed by atoms with E-state index >= 15 is 0 Å². The van der Waals surface area contributed by atoms with Gasteiger partial charge in [0, 0.05) is 0 Å². The minimum atomic E-state index is -1.36. The van der Waals surface area contributed by atoms with Gasteiger partial charge in [-0.05, 0) is 12.0 Å². The Kier molecular flexibility index (Phi) is 5.29. The second-order valence-corrected chi connectivity index (χ2v) is 3.95. The van der Waals surface area contributed by atoms with Gasteiger partial charge in [0.05, 0.1) is 12.0 Å². The Bertz CT molecular complexity index is 408. The van der Waals surface area contributed by atoms with Crippen LogP contribution in [0.1, 0.15) is 5.56 Å². The summed E-state index contributed by atoms with van der Waals surface area (Å²) >= 11 is 0. The van der Waals surface area contributed by atoms with Crippen molar-refractivity contribution in [3.05, 3.63) is 35.9 Å². The van der Waals surface area contributed by atoms with Crippen molar-refractivity contribution < 1.29 is 25.5 Å². The van der Waals surface area contributed by atoms with Crippen LogP contribution in [0.2, 0.25) is 0 Å². The minimum Gasteiger partial charge on any atom is -0.548 e. The Hall–Kier alpha value is -1.92. The van der Waals surface area contributed by atoms with Crippen LogP contribution in [-0.2, 0) is 16.0 Å². The number of nitrogens with one attached hydrogen (secondary N) is 1. The first-order valence-corrected chi connectivity index (χ1v) is 5.53. The number of carbonyl (C=O) groups excluding carboxylic acids is 2. The molecule has 0 aromatic heterocycles.